The molecule has 2 heterocycles. The van der Waals surface area contributed by atoms with E-state index in [9.17, 15) is 0 Å². The molecule has 0 saturated heterocycles. The van der Waals surface area contributed by atoms with Crippen LogP contribution in [0.15, 0.2) is 24.8 Å². The molecule has 0 spiro atoms. The largest absolute Gasteiger partial charge is 0.347 e. The Kier molecular flexibility index (Phi) is 2.60. The van der Waals surface area contributed by atoms with Crippen LogP contribution >= 0.6 is 0 Å². The first-order valence-corrected chi connectivity index (χ1v) is 4.56. The van der Waals surface area contributed by atoms with Gasteiger partial charge in [-0.1, -0.05) is 0 Å². The standard InChI is InChI=1S/C9H13N5/c1-7(9-2-3-13-14-9)11-5-8-4-10-6-12-8/h2-4,6-7,11H,5H2,1H3,(H,10,12)(H,13,14). The van der Waals surface area contributed by atoms with Gasteiger partial charge < -0.3 is 10.3 Å². The van der Waals surface area contributed by atoms with Crippen molar-refractivity contribution in [2.75, 3.05) is 0 Å². The molecule has 1 atom stereocenters. The number of H-pyrrole nitrogens is 2. The molecule has 0 bridgehead atoms. The topological polar surface area (TPSA) is 69.4 Å². The van der Waals surface area contributed by atoms with Gasteiger partial charge in [-0.3, -0.25) is 5.10 Å². The van der Waals surface area contributed by atoms with Crippen molar-refractivity contribution >= 4 is 0 Å². The molecule has 2 aromatic rings. The van der Waals surface area contributed by atoms with Gasteiger partial charge in [0.25, 0.3) is 0 Å². The molecule has 74 valence electrons. The summed E-state index contributed by atoms with van der Waals surface area (Å²) in [6, 6.07) is 2.23. The van der Waals surface area contributed by atoms with Crippen molar-refractivity contribution in [3.8, 4) is 0 Å². The summed E-state index contributed by atoms with van der Waals surface area (Å²) in [5.74, 6) is 0. The first-order chi connectivity index (χ1) is 6.86. The van der Waals surface area contributed by atoms with E-state index in [0.717, 1.165) is 17.9 Å². The fourth-order valence-electron chi connectivity index (χ4n) is 1.26. The predicted molar refractivity (Wildman–Crippen MR) is 52.4 cm³/mol. The third kappa shape index (κ3) is 2.00. The zero-order chi connectivity index (χ0) is 9.80. The Labute approximate surface area is 82.0 Å². The molecule has 0 aliphatic heterocycles. The van der Waals surface area contributed by atoms with E-state index < -0.39 is 0 Å². The fraction of sp³-hybridized carbons (Fsp3) is 0.333. The fourth-order valence-corrected chi connectivity index (χ4v) is 1.26. The molecule has 0 aliphatic rings. The number of hydrogen-bond donors (Lipinski definition) is 3. The van der Waals surface area contributed by atoms with Crippen LogP contribution in [0.2, 0.25) is 0 Å². The summed E-state index contributed by atoms with van der Waals surface area (Å²) in [5.41, 5.74) is 2.17. The van der Waals surface area contributed by atoms with Crippen molar-refractivity contribution in [1.82, 2.24) is 25.5 Å². The van der Waals surface area contributed by atoms with Crippen LogP contribution < -0.4 is 5.32 Å². The average Bonchev–Trinajstić information content (AvgIpc) is 2.87. The second-order valence-corrected chi connectivity index (χ2v) is 3.19. The molecule has 0 radical (unpaired) electrons. The van der Waals surface area contributed by atoms with Gasteiger partial charge in [-0.05, 0) is 13.0 Å². The zero-order valence-corrected chi connectivity index (χ0v) is 7.99. The van der Waals surface area contributed by atoms with E-state index in [1.54, 1.807) is 12.5 Å². The van der Waals surface area contributed by atoms with Gasteiger partial charge in [0.05, 0.1) is 12.0 Å². The van der Waals surface area contributed by atoms with Crippen molar-refractivity contribution in [2.45, 2.75) is 19.5 Å². The van der Waals surface area contributed by atoms with Crippen LogP contribution in [0.1, 0.15) is 24.4 Å². The lowest BCUT2D eigenvalue weighted by Crippen LogP contribution is -2.18. The minimum absolute atomic E-state index is 0.265. The Morgan fingerprint density at radius 3 is 3.14 bits per heavy atom. The second-order valence-electron chi connectivity index (χ2n) is 3.19. The van der Waals surface area contributed by atoms with Crippen LogP contribution in [0.25, 0.3) is 0 Å². The van der Waals surface area contributed by atoms with E-state index in [2.05, 4.69) is 32.4 Å². The molecular weight excluding hydrogens is 178 g/mol. The Morgan fingerprint density at radius 2 is 2.50 bits per heavy atom. The third-order valence-electron chi connectivity index (χ3n) is 2.14. The van der Waals surface area contributed by atoms with E-state index in [1.807, 2.05) is 12.3 Å². The highest BCUT2D eigenvalue weighted by molar-refractivity contribution is 5.04. The van der Waals surface area contributed by atoms with Gasteiger partial charge in [0.2, 0.25) is 0 Å². The van der Waals surface area contributed by atoms with Crippen LogP contribution in [0, 0.1) is 0 Å². The molecule has 2 aromatic heterocycles. The Balaban J connectivity index is 1.87. The molecule has 5 nitrogen and oxygen atoms in total. The van der Waals surface area contributed by atoms with Gasteiger partial charge >= 0.3 is 0 Å². The summed E-state index contributed by atoms with van der Waals surface area (Å²) >= 11 is 0. The molecule has 0 saturated carbocycles. The lowest BCUT2D eigenvalue weighted by Gasteiger charge is -2.10. The third-order valence-corrected chi connectivity index (χ3v) is 2.14. The summed E-state index contributed by atoms with van der Waals surface area (Å²) in [5, 5.41) is 10.2. The Bertz CT molecular complexity index is 350. The second kappa shape index (κ2) is 4.06. The van der Waals surface area contributed by atoms with E-state index in [4.69, 9.17) is 0 Å². The maximum Gasteiger partial charge on any atom is 0.0922 e. The summed E-state index contributed by atoms with van der Waals surface area (Å²) in [4.78, 5) is 6.99. The van der Waals surface area contributed by atoms with Crippen LogP contribution in [-0.2, 0) is 6.54 Å². The normalized spacial score (nSPS) is 12.9. The Morgan fingerprint density at radius 1 is 1.57 bits per heavy atom. The molecule has 0 aromatic carbocycles. The maximum atomic E-state index is 3.95. The van der Waals surface area contributed by atoms with Crippen molar-refractivity contribution < 1.29 is 0 Å². The monoisotopic (exact) mass is 191 g/mol. The van der Waals surface area contributed by atoms with Crippen molar-refractivity contribution in [3.05, 3.63) is 36.2 Å². The molecular formula is C9H13N5. The minimum Gasteiger partial charge on any atom is -0.347 e. The molecule has 14 heavy (non-hydrogen) atoms. The SMILES string of the molecule is CC(NCc1cnc[nH]1)c1ccn[nH]1. The highest BCUT2D eigenvalue weighted by Gasteiger charge is 2.05. The molecule has 5 heteroatoms. The first kappa shape index (κ1) is 8.96. The van der Waals surface area contributed by atoms with Gasteiger partial charge in [0, 0.05) is 30.7 Å². The van der Waals surface area contributed by atoms with Crippen molar-refractivity contribution in [1.29, 1.82) is 0 Å². The lowest BCUT2D eigenvalue weighted by molar-refractivity contribution is 0.555. The molecule has 0 aliphatic carbocycles. The number of nitrogens with zero attached hydrogens (tertiary/aromatic N) is 2. The number of imidazole rings is 1. The number of aromatic amines is 2. The molecule has 1 unspecified atom stereocenters. The van der Waals surface area contributed by atoms with Gasteiger partial charge in [-0.25, -0.2) is 4.98 Å². The van der Waals surface area contributed by atoms with Gasteiger partial charge in [-0.2, -0.15) is 5.10 Å². The van der Waals surface area contributed by atoms with Crippen LogP contribution in [0.4, 0.5) is 0 Å². The average molecular weight is 191 g/mol. The van der Waals surface area contributed by atoms with Gasteiger partial charge in [0.15, 0.2) is 0 Å². The van der Waals surface area contributed by atoms with Crippen LogP contribution in [0.3, 0.4) is 0 Å². The van der Waals surface area contributed by atoms with E-state index in [-0.39, 0.29) is 6.04 Å². The first-order valence-electron chi connectivity index (χ1n) is 4.56. The summed E-state index contributed by atoms with van der Waals surface area (Å²) in [6.07, 6.45) is 5.24. The highest BCUT2D eigenvalue weighted by atomic mass is 15.1. The minimum atomic E-state index is 0.265. The highest BCUT2D eigenvalue weighted by Crippen LogP contribution is 2.07. The smallest absolute Gasteiger partial charge is 0.0922 e. The summed E-state index contributed by atoms with van der Waals surface area (Å²) < 4.78 is 0. The van der Waals surface area contributed by atoms with E-state index in [1.165, 1.54) is 0 Å². The summed E-state index contributed by atoms with van der Waals surface area (Å²) in [7, 11) is 0. The number of rotatable bonds is 4. The van der Waals surface area contributed by atoms with Gasteiger partial charge in [0.1, 0.15) is 0 Å². The number of hydrogen-bond acceptors (Lipinski definition) is 3. The zero-order valence-electron chi connectivity index (χ0n) is 7.99. The molecule has 0 amide bonds. The lowest BCUT2D eigenvalue weighted by atomic mass is 10.2. The van der Waals surface area contributed by atoms with E-state index >= 15 is 0 Å². The molecule has 3 N–H and O–H groups in total. The molecule has 2 rings (SSSR count). The van der Waals surface area contributed by atoms with Gasteiger partial charge in [-0.15, -0.1) is 0 Å². The van der Waals surface area contributed by atoms with Crippen LogP contribution in [0.5, 0.6) is 0 Å². The van der Waals surface area contributed by atoms with Crippen LogP contribution in [-0.4, -0.2) is 20.2 Å². The number of aromatic nitrogens is 4. The quantitative estimate of drug-likeness (QED) is 0.674. The Hall–Kier alpha value is -1.62. The predicted octanol–water partition coefficient (Wildman–Crippen LogP) is 0.984. The molecule has 0 fully saturated rings. The number of nitrogens with one attached hydrogen (secondary N) is 3. The maximum absolute atomic E-state index is 3.95. The summed E-state index contributed by atoms with van der Waals surface area (Å²) in [6.45, 7) is 2.87. The van der Waals surface area contributed by atoms with E-state index in [0.29, 0.717) is 0 Å². The van der Waals surface area contributed by atoms with Crippen molar-refractivity contribution in [2.24, 2.45) is 0 Å². The van der Waals surface area contributed by atoms with Crippen molar-refractivity contribution in [3.63, 3.8) is 0 Å².